The molecular weight excluding hydrogens is 334 g/mol. The molecule has 6 heteroatoms. The Morgan fingerprint density at radius 3 is 2.23 bits per heavy atom. The van der Waals surface area contributed by atoms with Crippen LogP contribution in [-0.4, -0.2) is 33.2 Å². The number of anilines is 1. The van der Waals surface area contributed by atoms with E-state index in [1.165, 1.54) is 27.4 Å². The Balaban J connectivity index is 2.33. The average molecular weight is 357 g/mol. The molecule has 0 atom stereocenters. The minimum Gasteiger partial charge on any atom is -0.493 e. The van der Waals surface area contributed by atoms with Gasteiger partial charge in [-0.1, -0.05) is 23.8 Å². The summed E-state index contributed by atoms with van der Waals surface area (Å²) in [5.41, 5.74) is 3.55. The van der Waals surface area contributed by atoms with Gasteiger partial charge in [0.1, 0.15) is 0 Å². The molecular formula is C20H23NO5. The molecule has 0 aliphatic heterocycles. The number of ether oxygens (including phenoxy) is 3. The highest BCUT2D eigenvalue weighted by Crippen LogP contribution is 2.33. The van der Waals surface area contributed by atoms with Crippen LogP contribution in [0, 0.1) is 13.8 Å². The number of hydrogen-bond acceptors (Lipinski definition) is 5. The van der Waals surface area contributed by atoms with E-state index in [-0.39, 0.29) is 17.9 Å². The third-order valence-electron chi connectivity index (χ3n) is 4.06. The molecule has 0 unspecified atom stereocenters. The van der Waals surface area contributed by atoms with Gasteiger partial charge < -0.3 is 19.5 Å². The molecule has 1 N–H and O–H groups in total. The van der Waals surface area contributed by atoms with E-state index in [1.807, 2.05) is 32.0 Å². The molecule has 138 valence electrons. The van der Waals surface area contributed by atoms with Crippen molar-refractivity contribution in [2.45, 2.75) is 20.3 Å². The number of rotatable bonds is 6. The summed E-state index contributed by atoms with van der Waals surface area (Å²) in [6.07, 6.45) is 0.197. The summed E-state index contributed by atoms with van der Waals surface area (Å²) in [6.45, 7) is 3.93. The molecule has 0 spiro atoms. The first-order chi connectivity index (χ1) is 12.4. The molecule has 2 aromatic rings. The minimum absolute atomic E-state index is 0.194. The number of nitrogens with one attached hydrogen (secondary N) is 1. The third-order valence-corrected chi connectivity index (χ3v) is 4.06. The van der Waals surface area contributed by atoms with Crippen molar-refractivity contribution >= 4 is 17.6 Å². The Kier molecular flexibility index (Phi) is 6.22. The van der Waals surface area contributed by atoms with Gasteiger partial charge in [-0.2, -0.15) is 0 Å². The first-order valence-corrected chi connectivity index (χ1v) is 8.10. The molecule has 0 aliphatic rings. The lowest BCUT2D eigenvalue weighted by molar-refractivity contribution is -0.115. The van der Waals surface area contributed by atoms with Gasteiger partial charge in [-0.3, -0.25) is 4.79 Å². The minimum atomic E-state index is -0.576. The van der Waals surface area contributed by atoms with Crippen LogP contribution in [0.2, 0.25) is 0 Å². The lowest BCUT2D eigenvalue weighted by Crippen LogP contribution is -2.18. The van der Waals surface area contributed by atoms with Crippen LogP contribution in [0.25, 0.3) is 0 Å². The number of hydrogen-bond donors (Lipinski definition) is 1. The molecule has 0 fully saturated rings. The average Bonchev–Trinajstić information content (AvgIpc) is 2.63. The first kappa shape index (κ1) is 19.3. The van der Waals surface area contributed by atoms with E-state index in [9.17, 15) is 9.59 Å². The Morgan fingerprint density at radius 1 is 0.962 bits per heavy atom. The van der Waals surface area contributed by atoms with Crippen LogP contribution in [0.4, 0.5) is 5.69 Å². The van der Waals surface area contributed by atoms with Crippen LogP contribution < -0.4 is 14.8 Å². The zero-order valence-corrected chi connectivity index (χ0v) is 15.6. The second kappa shape index (κ2) is 8.38. The number of esters is 1. The van der Waals surface area contributed by atoms with Crippen molar-refractivity contribution in [3.05, 3.63) is 52.6 Å². The zero-order chi connectivity index (χ0) is 19.3. The molecule has 26 heavy (non-hydrogen) atoms. The molecule has 2 rings (SSSR count). The second-order valence-electron chi connectivity index (χ2n) is 5.90. The van der Waals surface area contributed by atoms with Crippen LogP contribution in [0.3, 0.4) is 0 Å². The maximum absolute atomic E-state index is 12.5. The smallest absolute Gasteiger partial charge is 0.340 e. The predicted molar refractivity (Wildman–Crippen MR) is 99.1 cm³/mol. The van der Waals surface area contributed by atoms with Gasteiger partial charge in [0.05, 0.1) is 39.0 Å². The molecule has 0 bridgehead atoms. The molecule has 6 nitrogen and oxygen atoms in total. The van der Waals surface area contributed by atoms with Gasteiger partial charge in [0.2, 0.25) is 5.91 Å². The SMILES string of the molecule is COC(=O)c1cc(OC)c(OC)cc1NC(=O)Cc1cc(C)ccc1C. The van der Waals surface area contributed by atoms with E-state index in [1.54, 1.807) is 6.07 Å². The summed E-state index contributed by atoms with van der Waals surface area (Å²) >= 11 is 0. The van der Waals surface area contributed by atoms with E-state index in [0.29, 0.717) is 17.2 Å². The van der Waals surface area contributed by atoms with Gasteiger partial charge in [-0.05, 0) is 25.0 Å². The number of benzene rings is 2. The topological polar surface area (TPSA) is 73.9 Å². The molecule has 0 saturated carbocycles. The summed E-state index contributed by atoms with van der Waals surface area (Å²) in [4.78, 5) is 24.6. The summed E-state index contributed by atoms with van der Waals surface area (Å²) in [5, 5.41) is 2.77. The fourth-order valence-electron chi connectivity index (χ4n) is 2.62. The molecule has 0 saturated heterocycles. The van der Waals surface area contributed by atoms with Gasteiger partial charge in [-0.25, -0.2) is 4.79 Å². The summed E-state index contributed by atoms with van der Waals surface area (Å²) in [6, 6.07) is 8.99. The summed E-state index contributed by atoms with van der Waals surface area (Å²) in [7, 11) is 4.23. The summed E-state index contributed by atoms with van der Waals surface area (Å²) < 4.78 is 15.3. The van der Waals surface area contributed by atoms with E-state index in [2.05, 4.69) is 5.32 Å². The summed E-state index contributed by atoms with van der Waals surface area (Å²) in [5.74, 6) is -0.0355. The molecule has 2 aromatic carbocycles. The number of methoxy groups -OCH3 is 3. The van der Waals surface area contributed by atoms with Crippen LogP contribution in [-0.2, 0) is 16.0 Å². The highest BCUT2D eigenvalue weighted by atomic mass is 16.5. The Bertz CT molecular complexity index is 829. The van der Waals surface area contributed by atoms with E-state index in [0.717, 1.165) is 16.7 Å². The largest absolute Gasteiger partial charge is 0.493 e. The van der Waals surface area contributed by atoms with Gasteiger partial charge >= 0.3 is 5.97 Å². The molecule has 0 radical (unpaired) electrons. The lowest BCUT2D eigenvalue weighted by Gasteiger charge is -2.15. The van der Waals surface area contributed by atoms with Crippen molar-refractivity contribution in [2.24, 2.45) is 0 Å². The van der Waals surface area contributed by atoms with Crippen LogP contribution in [0.1, 0.15) is 27.0 Å². The van der Waals surface area contributed by atoms with E-state index in [4.69, 9.17) is 14.2 Å². The monoisotopic (exact) mass is 357 g/mol. The van der Waals surface area contributed by atoms with Gasteiger partial charge in [0.25, 0.3) is 0 Å². The van der Waals surface area contributed by atoms with Crippen molar-refractivity contribution in [3.8, 4) is 11.5 Å². The standard InChI is InChI=1S/C20H23NO5/c1-12-6-7-13(2)14(8-12)9-19(22)21-16-11-18(25-4)17(24-3)10-15(16)20(23)26-5/h6-8,10-11H,9H2,1-5H3,(H,21,22). The normalized spacial score (nSPS) is 10.2. The van der Waals surface area contributed by atoms with E-state index < -0.39 is 5.97 Å². The van der Waals surface area contributed by atoms with Gasteiger partial charge in [0, 0.05) is 12.1 Å². The lowest BCUT2D eigenvalue weighted by atomic mass is 10.0. The zero-order valence-electron chi connectivity index (χ0n) is 15.6. The Hall–Kier alpha value is -3.02. The van der Waals surface area contributed by atoms with Crippen molar-refractivity contribution in [1.29, 1.82) is 0 Å². The maximum atomic E-state index is 12.5. The first-order valence-electron chi connectivity index (χ1n) is 8.10. The number of aryl methyl sites for hydroxylation is 2. The molecule has 0 aliphatic carbocycles. The maximum Gasteiger partial charge on any atom is 0.340 e. The Morgan fingerprint density at radius 2 is 1.62 bits per heavy atom. The van der Waals surface area contributed by atoms with E-state index >= 15 is 0 Å². The van der Waals surface area contributed by atoms with Gasteiger partial charge in [-0.15, -0.1) is 0 Å². The number of carbonyl (C=O) groups excluding carboxylic acids is 2. The highest BCUT2D eigenvalue weighted by Gasteiger charge is 2.19. The Labute approximate surface area is 153 Å². The van der Waals surface area contributed by atoms with Crippen molar-refractivity contribution in [1.82, 2.24) is 0 Å². The fourth-order valence-corrected chi connectivity index (χ4v) is 2.62. The quantitative estimate of drug-likeness (QED) is 0.803. The second-order valence-corrected chi connectivity index (χ2v) is 5.90. The third kappa shape index (κ3) is 4.33. The van der Waals surface area contributed by atoms with Crippen LogP contribution >= 0.6 is 0 Å². The van der Waals surface area contributed by atoms with Crippen molar-refractivity contribution in [2.75, 3.05) is 26.6 Å². The number of carbonyl (C=O) groups is 2. The molecule has 0 heterocycles. The number of amides is 1. The van der Waals surface area contributed by atoms with Gasteiger partial charge in [0.15, 0.2) is 11.5 Å². The molecule has 1 amide bonds. The van der Waals surface area contributed by atoms with Crippen molar-refractivity contribution in [3.63, 3.8) is 0 Å². The molecule has 0 aromatic heterocycles. The van der Waals surface area contributed by atoms with Crippen molar-refractivity contribution < 1.29 is 23.8 Å². The van der Waals surface area contributed by atoms with Crippen LogP contribution in [0.15, 0.2) is 30.3 Å². The van der Waals surface area contributed by atoms with Crippen LogP contribution in [0.5, 0.6) is 11.5 Å². The fraction of sp³-hybridized carbons (Fsp3) is 0.300. The predicted octanol–water partition coefficient (Wildman–Crippen LogP) is 3.29. The highest BCUT2D eigenvalue weighted by molar-refractivity contribution is 6.02.